The fourth-order valence-corrected chi connectivity index (χ4v) is 2.25. The van der Waals surface area contributed by atoms with Crippen molar-refractivity contribution in [2.75, 3.05) is 11.6 Å². The highest BCUT2D eigenvalue weighted by atomic mass is 16.5. The van der Waals surface area contributed by atoms with Gasteiger partial charge in [-0.25, -0.2) is 0 Å². The molecule has 4 heteroatoms. The number of anilines is 2. The van der Waals surface area contributed by atoms with Gasteiger partial charge < -0.3 is 4.74 Å². The van der Waals surface area contributed by atoms with Crippen LogP contribution < -0.4 is 15.2 Å². The molecule has 1 N–H and O–H groups in total. The van der Waals surface area contributed by atoms with Gasteiger partial charge in [0.2, 0.25) is 0 Å². The van der Waals surface area contributed by atoms with Crippen LogP contribution >= 0.6 is 0 Å². The molecule has 0 heterocycles. The first kappa shape index (κ1) is 15.6. The number of para-hydroxylation sites is 3. The van der Waals surface area contributed by atoms with E-state index in [1.807, 2.05) is 91.0 Å². The molecule has 0 aliphatic carbocycles. The molecule has 0 fully saturated rings. The lowest BCUT2D eigenvalue weighted by molar-refractivity contribution is -0.123. The van der Waals surface area contributed by atoms with Crippen LogP contribution in [0, 0.1) is 0 Å². The average molecular weight is 318 g/mol. The van der Waals surface area contributed by atoms with Crippen molar-refractivity contribution in [2.45, 2.75) is 0 Å². The number of rotatable bonds is 6. The summed E-state index contributed by atoms with van der Waals surface area (Å²) in [6, 6.07) is 28.6. The van der Waals surface area contributed by atoms with E-state index < -0.39 is 0 Å². The van der Waals surface area contributed by atoms with Crippen molar-refractivity contribution >= 4 is 17.3 Å². The summed E-state index contributed by atoms with van der Waals surface area (Å²) in [4.78, 5) is 12.3. The molecular formula is C20H18N2O2. The summed E-state index contributed by atoms with van der Waals surface area (Å²) in [5.41, 5.74) is 4.63. The second kappa shape index (κ2) is 7.83. The number of nitrogens with zero attached hydrogens (tertiary/aromatic N) is 1. The first-order chi connectivity index (χ1) is 11.8. The molecule has 120 valence electrons. The molecule has 0 saturated heterocycles. The molecular weight excluding hydrogens is 300 g/mol. The van der Waals surface area contributed by atoms with Crippen molar-refractivity contribution in [3.63, 3.8) is 0 Å². The SMILES string of the molecule is O=C(COc1ccccc1)NN(c1ccccc1)c1ccccc1. The highest BCUT2D eigenvalue weighted by molar-refractivity contribution is 5.81. The molecule has 0 unspecified atom stereocenters. The quantitative estimate of drug-likeness (QED) is 0.700. The molecule has 0 saturated carbocycles. The third-order valence-corrected chi connectivity index (χ3v) is 3.38. The van der Waals surface area contributed by atoms with Crippen molar-refractivity contribution < 1.29 is 9.53 Å². The Balaban J connectivity index is 1.71. The Labute approximate surface area is 141 Å². The fourth-order valence-electron chi connectivity index (χ4n) is 2.25. The van der Waals surface area contributed by atoms with Crippen LogP contribution in [0.25, 0.3) is 0 Å². The van der Waals surface area contributed by atoms with Gasteiger partial charge in [0.05, 0.1) is 11.4 Å². The number of carbonyl (C=O) groups is 1. The van der Waals surface area contributed by atoms with Crippen molar-refractivity contribution in [3.05, 3.63) is 91.0 Å². The molecule has 0 aliphatic heterocycles. The van der Waals surface area contributed by atoms with Gasteiger partial charge in [-0.05, 0) is 36.4 Å². The molecule has 24 heavy (non-hydrogen) atoms. The minimum absolute atomic E-state index is 0.0554. The smallest absolute Gasteiger partial charge is 0.276 e. The van der Waals surface area contributed by atoms with Crippen LogP contribution in [0.2, 0.25) is 0 Å². The molecule has 3 aromatic carbocycles. The lowest BCUT2D eigenvalue weighted by Crippen LogP contribution is -2.41. The summed E-state index contributed by atoms with van der Waals surface area (Å²) in [7, 11) is 0. The first-order valence-electron chi connectivity index (χ1n) is 7.70. The van der Waals surface area contributed by atoms with E-state index >= 15 is 0 Å². The van der Waals surface area contributed by atoms with Crippen LogP contribution in [0.4, 0.5) is 11.4 Å². The summed E-state index contributed by atoms with van der Waals surface area (Å²) < 4.78 is 5.50. The van der Waals surface area contributed by atoms with E-state index in [1.54, 1.807) is 5.01 Å². The fraction of sp³-hybridized carbons (Fsp3) is 0.0500. The van der Waals surface area contributed by atoms with Crippen molar-refractivity contribution in [3.8, 4) is 5.75 Å². The molecule has 0 spiro atoms. The number of ether oxygens (including phenoxy) is 1. The third kappa shape index (κ3) is 4.14. The minimum Gasteiger partial charge on any atom is -0.484 e. The summed E-state index contributed by atoms with van der Waals surface area (Å²) in [5, 5.41) is 1.75. The van der Waals surface area contributed by atoms with Gasteiger partial charge in [0.1, 0.15) is 5.75 Å². The summed E-state index contributed by atoms with van der Waals surface area (Å²) in [6.07, 6.45) is 0. The molecule has 3 rings (SSSR count). The zero-order valence-corrected chi connectivity index (χ0v) is 13.1. The average Bonchev–Trinajstić information content (AvgIpc) is 2.67. The molecule has 0 aromatic heterocycles. The van der Waals surface area contributed by atoms with Gasteiger partial charge in [0.25, 0.3) is 5.91 Å². The van der Waals surface area contributed by atoms with Crippen LogP contribution in [0.5, 0.6) is 5.75 Å². The zero-order valence-electron chi connectivity index (χ0n) is 13.1. The molecule has 0 bridgehead atoms. The Morgan fingerprint density at radius 1 is 0.750 bits per heavy atom. The van der Waals surface area contributed by atoms with Crippen molar-refractivity contribution in [2.24, 2.45) is 0 Å². The second-order valence-electron chi connectivity index (χ2n) is 5.14. The molecule has 0 atom stereocenters. The monoisotopic (exact) mass is 318 g/mol. The highest BCUT2D eigenvalue weighted by Gasteiger charge is 2.12. The third-order valence-electron chi connectivity index (χ3n) is 3.38. The number of nitrogens with one attached hydrogen (secondary N) is 1. The normalized spacial score (nSPS) is 10.0. The molecule has 4 nitrogen and oxygen atoms in total. The van der Waals surface area contributed by atoms with Gasteiger partial charge in [-0.3, -0.25) is 15.2 Å². The summed E-state index contributed by atoms with van der Waals surface area (Å²) in [6.45, 7) is -0.0554. The molecule has 1 amide bonds. The number of benzene rings is 3. The largest absolute Gasteiger partial charge is 0.484 e. The number of hydrogen-bond donors (Lipinski definition) is 1. The number of hydrogen-bond acceptors (Lipinski definition) is 3. The number of amides is 1. The highest BCUT2D eigenvalue weighted by Crippen LogP contribution is 2.22. The van der Waals surface area contributed by atoms with Crippen LogP contribution in [0.3, 0.4) is 0 Å². The standard InChI is InChI=1S/C20H18N2O2/c23-20(16-24-19-14-8-3-9-15-19)21-22(17-10-4-1-5-11-17)18-12-6-2-7-13-18/h1-15H,16H2,(H,21,23). The van der Waals surface area contributed by atoms with Gasteiger partial charge in [-0.1, -0.05) is 54.6 Å². The summed E-state index contributed by atoms with van der Waals surface area (Å²) in [5.74, 6) is 0.435. The van der Waals surface area contributed by atoms with Gasteiger partial charge in [0, 0.05) is 0 Å². The van der Waals surface area contributed by atoms with E-state index in [2.05, 4.69) is 5.43 Å². The van der Waals surface area contributed by atoms with Gasteiger partial charge in [0.15, 0.2) is 6.61 Å². The lowest BCUT2D eigenvalue weighted by atomic mass is 10.2. The Morgan fingerprint density at radius 2 is 1.21 bits per heavy atom. The van der Waals surface area contributed by atoms with E-state index in [1.165, 1.54) is 0 Å². The minimum atomic E-state index is -0.230. The number of carbonyl (C=O) groups excluding carboxylic acids is 1. The Morgan fingerprint density at radius 3 is 1.71 bits per heavy atom. The number of hydrazine groups is 1. The zero-order chi connectivity index (χ0) is 16.6. The molecule has 3 aromatic rings. The van der Waals surface area contributed by atoms with Crippen molar-refractivity contribution in [1.29, 1.82) is 0 Å². The van der Waals surface area contributed by atoms with Gasteiger partial charge in [-0.2, -0.15) is 0 Å². The van der Waals surface area contributed by atoms with Gasteiger partial charge >= 0.3 is 0 Å². The lowest BCUT2D eigenvalue weighted by Gasteiger charge is -2.25. The van der Waals surface area contributed by atoms with Crippen LogP contribution in [0.15, 0.2) is 91.0 Å². The predicted octanol–water partition coefficient (Wildman–Crippen LogP) is 3.93. The van der Waals surface area contributed by atoms with Crippen LogP contribution in [-0.2, 0) is 4.79 Å². The van der Waals surface area contributed by atoms with E-state index in [0.717, 1.165) is 11.4 Å². The van der Waals surface area contributed by atoms with Gasteiger partial charge in [-0.15, -0.1) is 0 Å². The van der Waals surface area contributed by atoms with E-state index in [9.17, 15) is 4.79 Å². The topological polar surface area (TPSA) is 41.6 Å². The Bertz CT molecular complexity index is 722. The van der Waals surface area contributed by atoms with Crippen molar-refractivity contribution in [1.82, 2.24) is 5.43 Å². The second-order valence-corrected chi connectivity index (χ2v) is 5.14. The van der Waals surface area contributed by atoms with E-state index in [-0.39, 0.29) is 12.5 Å². The Kier molecular flexibility index (Phi) is 5.10. The molecule has 0 radical (unpaired) electrons. The van der Waals surface area contributed by atoms with Crippen LogP contribution in [-0.4, -0.2) is 12.5 Å². The van der Waals surface area contributed by atoms with Crippen LogP contribution in [0.1, 0.15) is 0 Å². The maximum absolute atomic E-state index is 12.3. The molecule has 0 aliphatic rings. The summed E-state index contributed by atoms with van der Waals surface area (Å²) >= 11 is 0. The Hall–Kier alpha value is -3.27. The first-order valence-corrected chi connectivity index (χ1v) is 7.70. The maximum Gasteiger partial charge on any atom is 0.276 e. The maximum atomic E-state index is 12.3. The van der Waals surface area contributed by atoms with E-state index in [0.29, 0.717) is 5.75 Å². The van der Waals surface area contributed by atoms with E-state index in [4.69, 9.17) is 4.74 Å². The predicted molar refractivity (Wildman–Crippen MR) is 95.1 cm³/mol.